The summed E-state index contributed by atoms with van der Waals surface area (Å²) in [4.78, 5) is 0. The molecule has 0 saturated heterocycles. The Morgan fingerprint density at radius 1 is 1.33 bits per heavy atom. The lowest BCUT2D eigenvalue weighted by molar-refractivity contribution is 0.406. The van der Waals surface area contributed by atoms with Gasteiger partial charge in [-0.3, -0.25) is 0 Å². The van der Waals surface area contributed by atoms with Crippen LogP contribution in [-0.4, -0.2) is 13.6 Å². The van der Waals surface area contributed by atoms with E-state index in [0.717, 1.165) is 12.5 Å². The lowest BCUT2D eigenvalue weighted by atomic mass is 9.87. The third kappa shape index (κ3) is 3.78. The molecule has 1 radical (unpaired) electrons. The summed E-state index contributed by atoms with van der Waals surface area (Å²) in [5.41, 5.74) is 0. The molecule has 67 valence electrons. The van der Waals surface area contributed by atoms with E-state index in [-0.39, 0.29) is 0 Å². The first-order valence-corrected chi connectivity index (χ1v) is 4.90. The van der Waals surface area contributed by atoms with Gasteiger partial charge in [0.15, 0.2) is 0 Å². The summed E-state index contributed by atoms with van der Waals surface area (Å²) in [6.45, 7) is 0.809. The van der Waals surface area contributed by atoms with E-state index in [1.807, 2.05) is 7.05 Å². The van der Waals surface area contributed by atoms with Gasteiger partial charge in [-0.25, -0.2) is 0 Å². The number of nitrogens with one attached hydrogen (secondary N) is 1. The topological polar surface area (TPSA) is 12.0 Å². The summed E-state index contributed by atoms with van der Waals surface area (Å²) in [5, 5.41) is 3.01. The molecule has 1 nitrogen and oxygen atoms in total. The number of hydrogen-bond donors (Lipinski definition) is 1. The molecule has 0 atom stereocenters. The average Bonchev–Trinajstić information content (AvgIpc) is 2.14. The average molecular weight is 164 g/mol. The Hall–Kier alpha value is -0.480. The Morgan fingerprint density at radius 3 is 2.75 bits per heavy atom. The first-order valence-electron chi connectivity index (χ1n) is 4.90. The lowest BCUT2D eigenvalue weighted by Crippen LogP contribution is -2.07. The van der Waals surface area contributed by atoms with Crippen molar-refractivity contribution in [2.24, 2.45) is 5.92 Å². The predicted molar refractivity (Wildman–Crippen MR) is 52.6 cm³/mol. The van der Waals surface area contributed by atoms with Crippen LogP contribution in [0.3, 0.4) is 0 Å². The summed E-state index contributed by atoms with van der Waals surface area (Å²) in [5.74, 6) is 6.96. The molecule has 0 unspecified atom stereocenters. The van der Waals surface area contributed by atoms with Gasteiger partial charge in [0.2, 0.25) is 0 Å². The van der Waals surface area contributed by atoms with Crippen LogP contribution in [0.5, 0.6) is 0 Å². The zero-order valence-electron chi connectivity index (χ0n) is 7.90. The van der Waals surface area contributed by atoms with Crippen LogP contribution < -0.4 is 5.32 Å². The molecular weight excluding hydrogens is 146 g/mol. The van der Waals surface area contributed by atoms with Crippen molar-refractivity contribution < 1.29 is 0 Å². The van der Waals surface area contributed by atoms with Crippen molar-refractivity contribution in [2.45, 2.75) is 32.1 Å². The molecule has 0 heterocycles. The third-order valence-electron chi connectivity index (χ3n) is 2.34. The van der Waals surface area contributed by atoms with Gasteiger partial charge in [-0.05, 0) is 25.8 Å². The number of hydrogen-bond acceptors (Lipinski definition) is 1. The Kier molecular flexibility index (Phi) is 4.87. The highest BCUT2D eigenvalue weighted by molar-refractivity contribution is 5.12. The van der Waals surface area contributed by atoms with Crippen molar-refractivity contribution in [3.8, 4) is 11.8 Å². The molecular formula is C11H18N. The van der Waals surface area contributed by atoms with Crippen molar-refractivity contribution in [1.82, 2.24) is 5.32 Å². The maximum Gasteiger partial charge on any atom is 0.0574 e. The van der Waals surface area contributed by atoms with Gasteiger partial charge in [-0.1, -0.05) is 31.1 Å². The molecule has 0 aromatic heterocycles. The molecule has 0 spiro atoms. The smallest absolute Gasteiger partial charge is 0.0574 e. The normalized spacial score (nSPS) is 18.4. The van der Waals surface area contributed by atoms with E-state index in [0.29, 0.717) is 0 Å². The Bertz CT molecular complexity index is 158. The SMILES string of the molecule is CNCC#C[CH]C1CCCCC1. The maximum atomic E-state index is 3.12. The van der Waals surface area contributed by atoms with Crippen molar-refractivity contribution in [2.75, 3.05) is 13.6 Å². The van der Waals surface area contributed by atoms with E-state index in [1.165, 1.54) is 32.1 Å². The van der Waals surface area contributed by atoms with Crippen LogP contribution in [0.25, 0.3) is 0 Å². The van der Waals surface area contributed by atoms with Gasteiger partial charge in [-0.2, -0.15) is 0 Å². The molecule has 1 heteroatoms. The minimum Gasteiger partial charge on any atom is -0.309 e. The van der Waals surface area contributed by atoms with Crippen LogP contribution in [0, 0.1) is 24.2 Å². The summed E-state index contributed by atoms with van der Waals surface area (Å²) in [6, 6.07) is 0. The monoisotopic (exact) mass is 164 g/mol. The van der Waals surface area contributed by atoms with Crippen LogP contribution in [-0.2, 0) is 0 Å². The van der Waals surface area contributed by atoms with E-state index in [4.69, 9.17) is 0 Å². The fourth-order valence-corrected chi connectivity index (χ4v) is 1.62. The summed E-state index contributed by atoms with van der Waals surface area (Å²) < 4.78 is 0. The van der Waals surface area contributed by atoms with Crippen LogP contribution >= 0.6 is 0 Å². The molecule has 1 N–H and O–H groups in total. The molecule has 0 aliphatic heterocycles. The fraction of sp³-hybridized carbons (Fsp3) is 0.727. The highest BCUT2D eigenvalue weighted by Crippen LogP contribution is 2.24. The van der Waals surface area contributed by atoms with Gasteiger partial charge >= 0.3 is 0 Å². The number of rotatable bonds is 2. The van der Waals surface area contributed by atoms with E-state index < -0.39 is 0 Å². The molecule has 0 amide bonds. The quantitative estimate of drug-likeness (QED) is 0.615. The van der Waals surface area contributed by atoms with Crippen molar-refractivity contribution in [3.05, 3.63) is 6.42 Å². The molecule has 1 saturated carbocycles. The summed E-state index contributed by atoms with van der Waals surface area (Å²) in [6.07, 6.45) is 9.12. The molecule has 1 fully saturated rings. The zero-order valence-corrected chi connectivity index (χ0v) is 7.90. The minimum atomic E-state index is 0.781. The Balaban J connectivity index is 2.09. The van der Waals surface area contributed by atoms with Crippen LogP contribution in [0.1, 0.15) is 32.1 Å². The summed E-state index contributed by atoms with van der Waals surface area (Å²) in [7, 11) is 1.93. The predicted octanol–water partition coefficient (Wildman–Crippen LogP) is 1.99. The van der Waals surface area contributed by atoms with E-state index >= 15 is 0 Å². The lowest BCUT2D eigenvalue weighted by Gasteiger charge is -2.18. The maximum absolute atomic E-state index is 3.12. The van der Waals surface area contributed by atoms with Crippen molar-refractivity contribution in [3.63, 3.8) is 0 Å². The van der Waals surface area contributed by atoms with E-state index in [1.54, 1.807) is 0 Å². The van der Waals surface area contributed by atoms with Crippen molar-refractivity contribution in [1.29, 1.82) is 0 Å². The Labute approximate surface area is 75.9 Å². The van der Waals surface area contributed by atoms with Gasteiger partial charge in [0.05, 0.1) is 6.54 Å². The molecule has 0 bridgehead atoms. The fourth-order valence-electron chi connectivity index (χ4n) is 1.62. The van der Waals surface area contributed by atoms with Gasteiger partial charge < -0.3 is 5.32 Å². The van der Waals surface area contributed by atoms with Crippen LogP contribution in [0.15, 0.2) is 0 Å². The largest absolute Gasteiger partial charge is 0.309 e. The second-order valence-electron chi connectivity index (χ2n) is 3.42. The Morgan fingerprint density at radius 2 is 2.08 bits per heavy atom. The molecule has 1 aliphatic rings. The highest BCUT2D eigenvalue weighted by atomic mass is 14.8. The molecule has 1 aliphatic carbocycles. The first kappa shape index (κ1) is 9.61. The van der Waals surface area contributed by atoms with E-state index in [9.17, 15) is 0 Å². The van der Waals surface area contributed by atoms with Crippen LogP contribution in [0.2, 0.25) is 0 Å². The molecule has 1 rings (SSSR count). The molecule has 0 aromatic rings. The summed E-state index contributed by atoms with van der Waals surface area (Å²) >= 11 is 0. The standard InChI is InChI=1S/C11H18N/c1-12-10-6-5-9-11-7-3-2-4-8-11/h9,11-12H,2-4,7-8,10H2,1H3. The second kappa shape index (κ2) is 6.08. The molecule has 12 heavy (non-hydrogen) atoms. The van der Waals surface area contributed by atoms with E-state index in [2.05, 4.69) is 23.6 Å². The third-order valence-corrected chi connectivity index (χ3v) is 2.34. The van der Waals surface area contributed by atoms with Crippen LogP contribution in [0.4, 0.5) is 0 Å². The van der Waals surface area contributed by atoms with Gasteiger partial charge in [0, 0.05) is 6.42 Å². The van der Waals surface area contributed by atoms with Gasteiger partial charge in [-0.15, -0.1) is 0 Å². The highest BCUT2D eigenvalue weighted by Gasteiger charge is 2.11. The first-order chi connectivity index (χ1) is 5.93. The van der Waals surface area contributed by atoms with Gasteiger partial charge in [0.1, 0.15) is 0 Å². The molecule has 0 aromatic carbocycles. The zero-order chi connectivity index (χ0) is 8.65. The second-order valence-corrected chi connectivity index (χ2v) is 3.42. The minimum absolute atomic E-state index is 0.781. The van der Waals surface area contributed by atoms with Gasteiger partial charge in [0.25, 0.3) is 0 Å². The van der Waals surface area contributed by atoms with Crippen molar-refractivity contribution >= 4 is 0 Å².